The van der Waals surface area contributed by atoms with Crippen LogP contribution in [0.3, 0.4) is 0 Å². The number of hydrogen-bond acceptors (Lipinski definition) is 1. The van der Waals surface area contributed by atoms with Gasteiger partial charge >= 0.3 is 0 Å². The molecule has 0 radical (unpaired) electrons. The maximum Gasteiger partial charge on any atom is 0.213 e. The molecule has 0 saturated heterocycles. The van der Waals surface area contributed by atoms with Crippen LogP contribution in [0, 0.1) is 0 Å². The summed E-state index contributed by atoms with van der Waals surface area (Å²) in [6.07, 6.45) is 4.56. The van der Waals surface area contributed by atoms with Crippen LogP contribution in [-0.2, 0) is 6.54 Å². The Bertz CT molecular complexity index is 2960. The molecule has 47 heavy (non-hydrogen) atoms. The standard InChI is InChI=1S/C43H27N3O/c1-2-11-26-25(10-1)34-24-44-20-7-5-15-35(44)32-22-31-28-14-9-13-27-29-18-19-39-40(30-12-3-4-17-38(30)47-39)43(29)46(42(27)28)37(31)23-33(32)41(34)45-21-8-6-16-36(26)45/h1-23,34,41H,24H2/q+2. The van der Waals surface area contributed by atoms with E-state index in [4.69, 9.17) is 4.42 Å². The topological polar surface area (TPSA) is 25.3 Å². The minimum atomic E-state index is 0.136. The van der Waals surface area contributed by atoms with Crippen molar-refractivity contribution in [2.75, 3.05) is 0 Å². The van der Waals surface area contributed by atoms with Crippen LogP contribution in [0.5, 0.6) is 0 Å². The summed E-state index contributed by atoms with van der Waals surface area (Å²) in [5, 5.41) is 7.49. The second-order valence-electron chi connectivity index (χ2n) is 13.3. The van der Waals surface area contributed by atoms with Crippen molar-refractivity contribution in [2.45, 2.75) is 18.5 Å². The van der Waals surface area contributed by atoms with E-state index in [0.717, 1.165) is 23.1 Å². The Morgan fingerprint density at radius 2 is 1.32 bits per heavy atom. The molecule has 0 saturated carbocycles. The molecule has 4 nitrogen and oxygen atoms in total. The lowest BCUT2D eigenvalue weighted by Gasteiger charge is -2.28. The number of pyridine rings is 2. The lowest BCUT2D eigenvalue weighted by Crippen LogP contribution is -2.50. The molecule has 7 heterocycles. The lowest BCUT2D eigenvalue weighted by molar-refractivity contribution is -0.731. The smallest absolute Gasteiger partial charge is 0.213 e. The van der Waals surface area contributed by atoms with E-state index >= 15 is 0 Å². The molecule has 218 valence electrons. The monoisotopic (exact) mass is 601 g/mol. The van der Waals surface area contributed by atoms with Gasteiger partial charge in [-0.05, 0) is 54.1 Å². The summed E-state index contributed by atoms with van der Waals surface area (Å²) in [6, 6.07) is 47.2. The van der Waals surface area contributed by atoms with Gasteiger partial charge in [0.2, 0.25) is 11.4 Å². The number of hydrogen-bond donors (Lipinski definition) is 0. The Kier molecular flexibility index (Phi) is 4.35. The third kappa shape index (κ3) is 2.91. The first-order chi connectivity index (χ1) is 23.3. The van der Waals surface area contributed by atoms with Gasteiger partial charge in [-0.3, -0.25) is 0 Å². The van der Waals surface area contributed by atoms with Gasteiger partial charge in [0.25, 0.3) is 0 Å². The summed E-state index contributed by atoms with van der Waals surface area (Å²) in [5.74, 6) is 0.270. The van der Waals surface area contributed by atoms with Crippen molar-refractivity contribution in [3.8, 4) is 22.5 Å². The molecule has 0 bridgehead atoms. The van der Waals surface area contributed by atoms with Gasteiger partial charge in [-0.2, -0.15) is 9.13 Å². The molecule has 10 aromatic rings. The summed E-state index contributed by atoms with van der Waals surface area (Å²) in [7, 11) is 0. The predicted molar refractivity (Wildman–Crippen MR) is 187 cm³/mol. The van der Waals surface area contributed by atoms with Crippen molar-refractivity contribution in [1.29, 1.82) is 0 Å². The van der Waals surface area contributed by atoms with Crippen LogP contribution < -0.4 is 9.13 Å². The first-order valence-electron chi connectivity index (χ1n) is 16.5. The number of para-hydroxylation sites is 2. The van der Waals surface area contributed by atoms with Gasteiger partial charge < -0.3 is 8.82 Å². The van der Waals surface area contributed by atoms with Crippen LogP contribution in [0.2, 0.25) is 0 Å². The van der Waals surface area contributed by atoms with Gasteiger partial charge in [0.15, 0.2) is 25.0 Å². The highest BCUT2D eigenvalue weighted by atomic mass is 16.3. The molecule has 12 rings (SSSR count). The summed E-state index contributed by atoms with van der Waals surface area (Å²) >= 11 is 0. The van der Waals surface area contributed by atoms with Crippen LogP contribution in [0.4, 0.5) is 0 Å². The number of fused-ring (bicyclic) bond motifs is 20. The summed E-state index contributed by atoms with van der Waals surface area (Å²) < 4.78 is 14.0. The Morgan fingerprint density at radius 3 is 2.28 bits per heavy atom. The minimum absolute atomic E-state index is 0.136. The molecular formula is C43H27N3O+2. The summed E-state index contributed by atoms with van der Waals surface area (Å²) in [6.45, 7) is 0.910. The van der Waals surface area contributed by atoms with E-state index < -0.39 is 0 Å². The van der Waals surface area contributed by atoms with Gasteiger partial charge in [-0.1, -0.05) is 54.6 Å². The van der Waals surface area contributed by atoms with Crippen molar-refractivity contribution < 1.29 is 13.6 Å². The number of nitrogens with zero attached hydrogens (tertiary/aromatic N) is 3. The van der Waals surface area contributed by atoms with Gasteiger partial charge in [-0.25, -0.2) is 0 Å². The van der Waals surface area contributed by atoms with Crippen LogP contribution in [0.1, 0.15) is 23.1 Å². The highest BCUT2D eigenvalue weighted by Crippen LogP contribution is 2.49. The summed E-state index contributed by atoms with van der Waals surface area (Å²) in [5.41, 5.74) is 13.6. The summed E-state index contributed by atoms with van der Waals surface area (Å²) in [4.78, 5) is 0. The highest BCUT2D eigenvalue weighted by molar-refractivity contribution is 6.30. The zero-order valence-corrected chi connectivity index (χ0v) is 25.4. The molecule has 5 aromatic carbocycles. The van der Waals surface area contributed by atoms with Crippen molar-refractivity contribution in [3.05, 3.63) is 151 Å². The van der Waals surface area contributed by atoms with Crippen LogP contribution in [0.15, 0.2) is 144 Å². The molecule has 2 unspecified atom stereocenters. The molecule has 0 amide bonds. The Hall–Kier alpha value is -6.00. The van der Waals surface area contributed by atoms with Crippen molar-refractivity contribution >= 4 is 60.0 Å². The molecule has 0 fully saturated rings. The molecule has 0 N–H and O–H groups in total. The third-order valence-corrected chi connectivity index (χ3v) is 11.1. The van der Waals surface area contributed by atoms with Crippen LogP contribution in [-0.4, -0.2) is 4.40 Å². The van der Waals surface area contributed by atoms with E-state index in [1.807, 2.05) is 0 Å². The molecule has 2 aliphatic heterocycles. The van der Waals surface area contributed by atoms with Crippen molar-refractivity contribution in [2.24, 2.45) is 0 Å². The molecule has 5 aromatic heterocycles. The van der Waals surface area contributed by atoms with Gasteiger partial charge in [0.1, 0.15) is 17.1 Å². The van der Waals surface area contributed by atoms with Gasteiger partial charge in [0.05, 0.1) is 33.1 Å². The molecule has 0 aliphatic carbocycles. The van der Waals surface area contributed by atoms with E-state index in [1.54, 1.807) is 0 Å². The average Bonchev–Trinajstić information content (AvgIpc) is 3.74. The Morgan fingerprint density at radius 1 is 0.553 bits per heavy atom. The number of furan rings is 1. The average molecular weight is 602 g/mol. The Balaban J connectivity index is 1.29. The molecule has 2 atom stereocenters. The second-order valence-corrected chi connectivity index (χ2v) is 13.3. The lowest BCUT2D eigenvalue weighted by atomic mass is 9.79. The Labute approximate surface area is 269 Å². The van der Waals surface area contributed by atoms with E-state index in [2.05, 4.69) is 153 Å². The normalized spacial score (nSPS) is 16.9. The molecule has 4 heteroatoms. The van der Waals surface area contributed by atoms with E-state index in [9.17, 15) is 0 Å². The van der Waals surface area contributed by atoms with E-state index in [0.29, 0.717) is 0 Å². The number of benzene rings is 5. The second kappa shape index (κ2) is 8.42. The molecule has 0 spiro atoms. The number of rotatable bonds is 0. The predicted octanol–water partition coefficient (Wildman–Crippen LogP) is 9.35. The first kappa shape index (κ1) is 24.3. The van der Waals surface area contributed by atoms with E-state index in [1.165, 1.54) is 77.1 Å². The van der Waals surface area contributed by atoms with Gasteiger partial charge in [-0.15, -0.1) is 0 Å². The number of aromatic nitrogens is 3. The maximum absolute atomic E-state index is 6.43. The third-order valence-electron chi connectivity index (χ3n) is 11.1. The fourth-order valence-corrected chi connectivity index (χ4v) is 9.29. The highest BCUT2D eigenvalue weighted by Gasteiger charge is 2.47. The first-order valence-corrected chi connectivity index (χ1v) is 16.5. The maximum atomic E-state index is 6.43. The zero-order valence-electron chi connectivity index (χ0n) is 25.4. The molecular weight excluding hydrogens is 574 g/mol. The van der Waals surface area contributed by atoms with Crippen LogP contribution in [0.25, 0.3) is 82.5 Å². The zero-order chi connectivity index (χ0) is 30.4. The largest absolute Gasteiger partial charge is 0.456 e. The molecule has 2 aliphatic rings. The quantitative estimate of drug-likeness (QED) is 0.159. The fourth-order valence-electron chi connectivity index (χ4n) is 9.29. The van der Waals surface area contributed by atoms with Crippen LogP contribution >= 0.6 is 0 Å². The minimum Gasteiger partial charge on any atom is -0.456 e. The fraction of sp³-hybridized carbons (Fsp3) is 0.0698. The van der Waals surface area contributed by atoms with Crippen molar-refractivity contribution in [1.82, 2.24) is 4.40 Å². The van der Waals surface area contributed by atoms with Crippen molar-refractivity contribution in [3.63, 3.8) is 0 Å². The van der Waals surface area contributed by atoms with Gasteiger partial charge in [0, 0.05) is 56.8 Å². The van der Waals surface area contributed by atoms with E-state index in [-0.39, 0.29) is 12.0 Å². The SMILES string of the molecule is c1ccc2c(c1)-c1cccc[n+]1C1c3cc4c(cc3-c3cccc[n+]3CC21)c1cccc2c3ccc5oc6ccccc6c5c3n4c12.